The van der Waals surface area contributed by atoms with Crippen LogP contribution in [0.4, 0.5) is 0 Å². The van der Waals surface area contributed by atoms with Crippen LogP contribution in [0.3, 0.4) is 0 Å². The maximum Gasteiger partial charge on any atom is 0.472 e. The van der Waals surface area contributed by atoms with Gasteiger partial charge in [0.15, 0.2) is 0 Å². The molecule has 0 aliphatic rings. The summed E-state index contributed by atoms with van der Waals surface area (Å²) in [7, 11) is -4.26. The Morgan fingerprint density at radius 2 is 1.14 bits per heavy atom. The van der Waals surface area contributed by atoms with E-state index >= 15 is 0 Å². The number of esters is 1. The largest absolute Gasteiger partial charge is 0.472 e. The molecule has 3 N–H and O–H groups in total. The van der Waals surface area contributed by atoms with Gasteiger partial charge in [0.1, 0.15) is 6.10 Å². The molecule has 0 aliphatic carbocycles. The molecule has 9 heteroatoms. The van der Waals surface area contributed by atoms with Gasteiger partial charge in [-0.3, -0.25) is 13.8 Å². The Morgan fingerprint density at radius 3 is 1.66 bits per heavy atom. The summed E-state index contributed by atoms with van der Waals surface area (Å²) in [4.78, 5) is 22.3. The Labute approximate surface area is 271 Å². The van der Waals surface area contributed by atoms with Crippen molar-refractivity contribution >= 4 is 13.8 Å². The van der Waals surface area contributed by atoms with Crippen molar-refractivity contribution in [2.45, 2.75) is 174 Å². The summed E-state index contributed by atoms with van der Waals surface area (Å²) in [6.07, 6.45) is 32.2. The molecule has 2 unspecified atom stereocenters. The van der Waals surface area contributed by atoms with Crippen LogP contribution in [0.2, 0.25) is 0 Å². The van der Waals surface area contributed by atoms with E-state index in [-0.39, 0.29) is 32.3 Å². The van der Waals surface area contributed by atoms with Gasteiger partial charge in [-0.05, 0) is 38.5 Å². The van der Waals surface area contributed by atoms with Crippen molar-refractivity contribution in [3.63, 3.8) is 0 Å². The number of carbonyl (C=O) groups excluding carboxylic acids is 1. The molecule has 0 aromatic heterocycles. The first kappa shape index (κ1) is 43.2. The van der Waals surface area contributed by atoms with Crippen molar-refractivity contribution in [2.75, 3.05) is 33.0 Å². The molecule has 2 atom stereocenters. The summed E-state index contributed by atoms with van der Waals surface area (Å²) in [5, 5.41) is 0. The standard InChI is InChI=1S/C35H70NO7P/c1-3-5-7-9-11-13-15-16-17-18-19-21-23-25-27-30-40-32-34(33-42-44(38,39)41-31-29-36)43-35(37)28-26-24-22-20-14-12-10-8-6-4-2/h15-16,34H,3-14,17-33,36H2,1-2H3,(H,38,39)/b16-15-. The predicted molar refractivity (Wildman–Crippen MR) is 183 cm³/mol. The molecule has 0 amide bonds. The monoisotopic (exact) mass is 647 g/mol. The molecule has 0 spiro atoms. The van der Waals surface area contributed by atoms with Crippen LogP contribution >= 0.6 is 7.82 Å². The Kier molecular flexibility index (Phi) is 33.0. The van der Waals surface area contributed by atoms with E-state index in [2.05, 4.69) is 26.0 Å². The first-order valence-electron chi connectivity index (χ1n) is 18.2. The number of unbranched alkanes of at least 4 members (excludes halogenated alkanes) is 20. The lowest BCUT2D eigenvalue weighted by molar-refractivity contribution is -0.154. The van der Waals surface area contributed by atoms with Crippen LogP contribution in [0.1, 0.15) is 168 Å². The lowest BCUT2D eigenvalue weighted by Crippen LogP contribution is -2.28. The van der Waals surface area contributed by atoms with Crippen LogP contribution in [0.5, 0.6) is 0 Å². The summed E-state index contributed by atoms with van der Waals surface area (Å²) >= 11 is 0. The Hall–Kier alpha value is -0.760. The van der Waals surface area contributed by atoms with Gasteiger partial charge in [-0.25, -0.2) is 4.57 Å². The second-order valence-electron chi connectivity index (χ2n) is 12.1. The van der Waals surface area contributed by atoms with Crippen LogP contribution in [0.25, 0.3) is 0 Å². The normalized spacial score (nSPS) is 13.8. The Balaban J connectivity index is 4.08. The van der Waals surface area contributed by atoms with E-state index in [1.807, 2.05) is 0 Å². The molecule has 0 rings (SSSR count). The molecule has 44 heavy (non-hydrogen) atoms. The second-order valence-corrected chi connectivity index (χ2v) is 13.5. The maximum absolute atomic E-state index is 12.5. The van der Waals surface area contributed by atoms with Crippen LogP contribution < -0.4 is 5.73 Å². The first-order chi connectivity index (χ1) is 21.4. The zero-order valence-electron chi connectivity index (χ0n) is 28.7. The van der Waals surface area contributed by atoms with Gasteiger partial charge in [0.25, 0.3) is 0 Å². The molecular formula is C35H70NO7P. The van der Waals surface area contributed by atoms with E-state index < -0.39 is 13.9 Å². The number of nitrogens with two attached hydrogens (primary N) is 1. The number of phosphoric acid groups is 1. The zero-order chi connectivity index (χ0) is 32.4. The summed E-state index contributed by atoms with van der Waals surface area (Å²) in [5.41, 5.74) is 5.34. The first-order valence-corrected chi connectivity index (χ1v) is 19.7. The van der Waals surface area contributed by atoms with Gasteiger partial charge in [-0.1, -0.05) is 135 Å². The third-order valence-electron chi connectivity index (χ3n) is 7.68. The molecule has 0 aliphatic heterocycles. The number of ether oxygens (including phenoxy) is 2. The lowest BCUT2D eigenvalue weighted by atomic mass is 10.1. The number of allylic oxidation sites excluding steroid dienone is 2. The van der Waals surface area contributed by atoms with Crippen molar-refractivity contribution in [3.8, 4) is 0 Å². The predicted octanol–water partition coefficient (Wildman–Crippen LogP) is 9.97. The third-order valence-corrected chi connectivity index (χ3v) is 8.67. The molecule has 0 radical (unpaired) electrons. The average Bonchev–Trinajstić information content (AvgIpc) is 3.01. The molecule has 0 bridgehead atoms. The zero-order valence-corrected chi connectivity index (χ0v) is 29.6. The number of rotatable bonds is 35. The Bertz CT molecular complexity index is 692. The fourth-order valence-corrected chi connectivity index (χ4v) is 5.76. The second kappa shape index (κ2) is 33.6. The number of hydrogen-bond donors (Lipinski definition) is 2. The molecule has 0 heterocycles. The van der Waals surface area contributed by atoms with Gasteiger partial charge in [-0.2, -0.15) is 0 Å². The number of phosphoric ester groups is 1. The summed E-state index contributed by atoms with van der Waals surface area (Å²) in [6, 6.07) is 0. The summed E-state index contributed by atoms with van der Waals surface area (Å²) < 4.78 is 33.2. The van der Waals surface area contributed by atoms with Gasteiger partial charge in [-0.15, -0.1) is 0 Å². The highest BCUT2D eigenvalue weighted by molar-refractivity contribution is 7.47. The van der Waals surface area contributed by atoms with Gasteiger partial charge in [0.05, 0.1) is 19.8 Å². The average molecular weight is 648 g/mol. The molecule has 0 saturated heterocycles. The van der Waals surface area contributed by atoms with Crippen LogP contribution in [-0.2, 0) is 27.9 Å². The molecule has 0 fully saturated rings. The number of hydrogen-bond acceptors (Lipinski definition) is 7. The minimum Gasteiger partial charge on any atom is -0.457 e. The lowest BCUT2D eigenvalue weighted by Gasteiger charge is -2.20. The van der Waals surface area contributed by atoms with E-state index in [0.717, 1.165) is 32.1 Å². The van der Waals surface area contributed by atoms with E-state index in [9.17, 15) is 14.3 Å². The maximum atomic E-state index is 12.5. The topological polar surface area (TPSA) is 117 Å². The van der Waals surface area contributed by atoms with Crippen molar-refractivity contribution in [1.82, 2.24) is 0 Å². The number of carbonyl (C=O) groups is 1. The van der Waals surface area contributed by atoms with E-state index in [1.165, 1.54) is 116 Å². The summed E-state index contributed by atoms with van der Waals surface area (Å²) in [6.45, 7) is 4.89. The van der Waals surface area contributed by atoms with E-state index in [0.29, 0.717) is 13.0 Å². The van der Waals surface area contributed by atoms with E-state index in [4.69, 9.17) is 24.3 Å². The highest BCUT2D eigenvalue weighted by atomic mass is 31.2. The fourth-order valence-electron chi connectivity index (χ4n) is 4.99. The van der Waals surface area contributed by atoms with Crippen molar-refractivity contribution in [1.29, 1.82) is 0 Å². The van der Waals surface area contributed by atoms with Gasteiger partial charge in [0, 0.05) is 19.6 Å². The highest BCUT2D eigenvalue weighted by Crippen LogP contribution is 2.43. The van der Waals surface area contributed by atoms with Crippen LogP contribution in [0.15, 0.2) is 12.2 Å². The van der Waals surface area contributed by atoms with Crippen LogP contribution in [-0.4, -0.2) is 49.9 Å². The fraction of sp³-hybridized carbons (Fsp3) is 0.914. The van der Waals surface area contributed by atoms with Crippen molar-refractivity contribution in [3.05, 3.63) is 12.2 Å². The molecule has 0 saturated carbocycles. The molecule has 0 aromatic carbocycles. The van der Waals surface area contributed by atoms with Gasteiger partial charge >= 0.3 is 13.8 Å². The quantitative estimate of drug-likeness (QED) is 0.0302. The minimum absolute atomic E-state index is 0.0939. The molecular weight excluding hydrogens is 577 g/mol. The van der Waals surface area contributed by atoms with Gasteiger partial charge < -0.3 is 20.1 Å². The van der Waals surface area contributed by atoms with Crippen molar-refractivity contribution in [2.24, 2.45) is 5.73 Å². The minimum atomic E-state index is -4.26. The van der Waals surface area contributed by atoms with Gasteiger partial charge in [0.2, 0.25) is 0 Å². The summed E-state index contributed by atoms with van der Waals surface area (Å²) in [5.74, 6) is -0.334. The third kappa shape index (κ3) is 32.6. The van der Waals surface area contributed by atoms with Crippen LogP contribution in [0, 0.1) is 0 Å². The molecule has 8 nitrogen and oxygen atoms in total. The Morgan fingerprint density at radius 1 is 0.659 bits per heavy atom. The van der Waals surface area contributed by atoms with Crippen molar-refractivity contribution < 1.29 is 32.8 Å². The van der Waals surface area contributed by atoms with E-state index in [1.54, 1.807) is 0 Å². The highest BCUT2D eigenvalue weighted by Gasteiger charge is 2.25. The molecule has 262 valence electrons. The smallest absolute Gasteiger partial charge is 0.457 e. The molecule has 0 aromatic rings. The SMILES string of the molecule is CCCCCCC/C=C\CCCCCCCCOCC(COP(=O)(O)OCCN)OC(=O)CCCCCCCCCCCC.